The smallest absolute Gasteiger partial charge is 0.358 e. The van der Waals surface area contributed by atoms with Crippen molar-refractivity contribution < 1.29 is 9.72 Å². The molecule has 0 aliphatic rings. The Morgan fingerprint density at radius 3 is 2.57 bits per heavy atom. The van der Waals surface area contributed by atoms with Crippen molar-refractivity contribution in [3.8, 4) is 0 Å². The summed E-state index contributed by atoms with van der Waals surface area (Å²) >= 11 is 0. The van der Waals surface area contributed by atoms with Gasteiger partial charge < -0.3 is 10.1 Å². The number of aromatic nitrogens is 2. The van der Waals surface area contributed by atoms with Crippen LogP contribution in [0, 0.1) is 24.0 Å². The van der Waals surface area contributed by atoms with E-state index >= 15 is 0 Å². The van der Waals surface area contributed by atoms with Gasteiger partial charge in [0.15, 0.2) is 0 Å². The summed E-state index contributed by atoms with van der Waals surface area (Å²) in [4.78, 5) is 25.7. The zero-order valence-electron chi connectivity index (χ0n) is 13.1. The fourth-order valence-electron chi connectivity index (χ4n) is 1.94. The van der Waals surface area contributed by atoms with Gasteiger partial charge in [0.25, 0.3) is 5.91 Å². The molecule has 2 rings (SSSR count). The van der Waals surface area contributed by atoms with Crippen molar-refractivity contribution in [2.75, 3.05) is 0 Å². The van der Waals surface area contributed by atoms with E-state index in [9.17, 15) is 14.9 Å². The molecule has 1 aromatic carbocycles. The molecule has 0 radical (unpaired) electrons. The molecule has 0 aliphatic carbocycles. The standard InChI is InChI=1S/C15H17N5O3/c1-10-4-6-13(7-5-10)11(2)17-18-15(21)9-19-8-14(20(22)23)16-12(19)3/h4-8H,9H2,1-3H3,(H,18,21)/b17-11+. The van der Waals surface area contributed by atoms with E-state index in [2.05, 4.69) is 15.5 Å². The quantitative estimate of drug-likeness (QED) is 0.517. The minimum absolute atomic E-state index is 0.0860. The number of hydrogen-bond acceptors (Lipinski definition) is 5. The molecule has 1 N–H and O–H groups in total. The highest BCUT2D eigenvalue weighted by Gasteiger charge is 2.16. The average molecular weight is 315 g/mol. The zero-order valence-corrected chi connectivity index (χ0v) is 13.1. The third-order valence-corrected chi connectivity index (χ3v) is 3.28. The molecule has 1 heterocycles. The van der Waals surface area contributed by atoms with Crippen LogP contribution in [-0.4, -0.2) is 26.1 Å². The number of rotatable bonds is 5. The highest BCUT2D eigenvalue weighted by atomic mass is 16.6. The van der Waals surface area contributed by atoms with Crippen molar-refractivity contribution >= 4 is 17.4 Å². The normalized spacial score (nSPS) is 11.3. The van der Waals surface area contributed by atoms with Gasteiger partial charge in [-0.05, 0) is 29.3 Å². The average Bonchev–Trinajstić information content (AvgIpc) is 2.87. The van der Waals surface area contributed by atoms with Crippen molar-refractivity contribution in [2.45, 2.75) is 27.3 Å². The van der Waals surface area contributed by atoms with Crippen LogP contribution >= 0.6 is 0 Å². The topological polar surface area (TPSA) is 102 Å². The molecule has 0 atom stereocenters. The monoisotopic (exact) mass is 315 g/mol. The Balaban J connectivity index is 2.00. The second-order valence-electron chi connectivity index (χ2n) is 5.13. The van der Waals surface area contributed by atoms with E-state index in [4.69, 9.17) is 0 Å². The minimum Gasteiger partial charge on any atom is -0.358 e. The third kappa shape index (κ3) is 4.22. The van der Waals surface area contributed by atoms with Gasteiger partial charge in [0.1, 0.15) is 12.7 Å². The van der Waals surface area contributed by atoms with Crippen LogP contribution in [0.1, 0.15) is 23.9 Å². The lowest BCUT2D eigenvalue weighted by molar-refractivity contribution is -0.389. The summed E-state index contributed by atoms with van der Waals surface area (Å²) in [6, 6.07) is 7.77. The maximum absolute atomic E-state index is 11.9. The Morgan fingerprint density at radius 1 is 1.35 bits per heavy atom. The van der Waals surface area contributed by atoms with E-state index in [1.54, 1.807) is 13.8 Å². The lowest BCUT2D eigenvalue weighted by Crippen LogP contribution is -2.24. The molecule has 0 bridgehead atoms. The highest BCUT2D eigenvalue weighted by Crippen LogP contribution is 2.10. The number of imidazole rings is 1. The first-order valence-electron chi connectivity index (χ1n) is 6.95. The van der Waals surface area contributed by atoms with Crippen molar-refractivity contribution in [1.29, 1.82) is 0 Å². The van der Waals surface area contributed by atoms with E-state index in [0.717, 1.165) is 11.1 Å². The van der Waals surface area contributed by atoms with Gasteiger partial charge in [-0.1, -0.05) is 29.8 Å². The summed E-state index contributed by atoms with van der Waals surface area (Å²) in [5, 5.41) is 14.7. The van der Waals surface area contributed by atoms with Gasteiger partial charge in [0, 0.05) is 6.92 Å². The molecule has 0 saturated heterocycles. The summed E-state index contributed by atoms with van der Waals surface area (Å²) in [5.74, 6) is -0.271. The Kier molecular flexibility index (Phi) is 4.85. The van der Waals surface area contributed by atoms with Gasteiger partial charge in [-0.2, -0.15) is 5.10 Å². The van der Waals surface area contributed by atoms with Gasteiger partial charge in [-0.15, -0.1) is 0 Å². The Bertz CT molecular complexity index is 762. The molecular formula is C15H17N5O3. The molecule has 0 saturated carbocycles. The number of benzene rings is 1. The van der Waals surface area contributed by atoms with E-state index in [1.165, 1.54) is 10.8 Å². The maximum Gasteiger partial charge on any atom is 0.381 e. The Morgan fingerprint density at radius 2 is 2.00 bits per heavy atom. The second kappa shape index (κ2) is 6.82. The number of nitro groups is 1. The van der Waals surface area contributed by atoms with Crippen molar-refractivity contribution in [1.82, 2.24) is 15.0 Å². The first kappa shape index (κ1) is 16.3. The molecule has 0 fully saturated rings. The van der Waals surface area contributed by atoms with Crippen LogP contribution < -0.4 is 5.43 Å². The Hall–Kier alpha value is -3.03. The molecule has 8 heteroatoms. The molecule has 120 valence electrons. The van der Waals surface area contributed by atoms with Crippen LogP contribution in [0.15, 0.2) is 35.6 Å². The number of nitrogens with one attached hydrogen (secondary N) is 1. The lowest BCUT2D eigenvalue weighted by atomic mass is 10.1. The zero-order chi connectivity index (χ0) is 17.0. The van der Waals surface area contributed by atoms with Crippen LogP contribution in [0.3, 0.4) is 0 Å². The van der Waals surface area contributed by atoms with E-state index in [1.807, 2.05) is 31.2 Å². The second-order valence-corrected chi connectivity index (χ2v) is 5.13. The van der Waals surface area contributed by atoms with Crippen LogP contribution in [0.4, 0.5) is 5.82 Å². The fraction of sp³-hybridized carbons (Fsp3) is 0.267. The number of hydrazone groups is 1. The molecular weight excluding hydrogens is 298 g/mol. The number of aryl methyl sites for hydroxylation is 2. The number of carbonyl (C=O) groups is 1. The Labute approximate surface area is 133 Å². The molecule has 0 aliphatic heterocycles. The summed E-state index contributed by atoms with van der Waals surface area (Å²) in [5.41, 5.74) is 5.16. The first-order chi connectivity index (χ1) is 10.9. The van der Waals surface area contributed by atoms with Gasteiger partial charge in [0.2, 0.25) is 5.82 Å². The summed E-state index contributed by atoms with van der Waals surface area (Å²) in [6.45, 7) is 5.29. The van der Waals surface area contributed by atoms with Crippen molar-refractivity contribution in [3.63, 3.8) is 0 Å². The minimum atomic E-state index is -0.596. The summed E-state index contributed by atoms with van der Waals surface area (Å²) < 4.78 is 1.41. The van der Waals surface area contributed by atoms with Gasteiger partial charge in [0.05, 0.1) is 5.71 Å². The maximum atomic E-state index is 11.9. The molecule has 8 nitrogen and oxygen atoms in total. The van der Waals surface area contributed by atoms with Crippen molar-refractivity contribution in [2.24, 2.45) is 5.10 Å². The first-order valence-corrected chi connectivity index (χ1v) is 6.95. The predicted octanol–water partition coefficient (Wildman–Crippen LogP) is 1.95. The van der Waals surface area contributed by atoms with E-state index in [0.29, 0.717) is 11.5 Å². The van der Waals surface area contributed by atoms with Gasteiger partial charge >= 0.3 is 5.82 Å². The SMILES string of the molecule is C/C(=N\NC(=O)Cn1cc([N+](=O)[O-])nc1C)c1ccc(C)cc1. The molecule has 2 aromatic rings. The molecule has 0 unspecified atom stereocenters. The van der Waals surface area contributed by atoms with Gasteiger partial charge in [-0.3, -0.25) is 9.36 Å². The van der Waals surface area contributed by atoms with E-state index < -0.39 is 4.92 Å². The van der Waals surface area contributed by atoms with E-state index in [-0.39, 0.29) is 18.3 Å². The predicted molar refractivity (Wildman–Crippen MR) is 85.2 cm³/mol. The van der Waals surface area contributed by atoms with Crippen LogP contribution in [0.25, 0.3) is 0 Å². The molecule has 1 amide bonds. The number of carbonyl (C=O) groups excluding carboxylic acids is 1. The molecule has 1 aromatic heterocycles. The highest BCUT2D eigenvalue weighted by molar-refractivity contribution is 5.99. The largest absolute Gasteiger partial charge is 0.381 e. The van der Waals surface area contributed by atoms with Gasteiger partial charge in [-0.25, -0.2) is 5.43 Å². The number of hydrogen-bond donors (Lipinski definition) is 1. The number of amides is 1. The lowest BCUT2D eigenvalue weighted by Gasteiger charge is -2.04. The van der Waals surface area contributed by atoms with Crippen molar-refractivity contribution in [3.05, 3.63) is 57.5 Å². The number of nitrogens with zero attached hydrogens (tertiary/aromatic N) is 4. The van der Waals surface area contributed by atoms with Crippen LogP contribution in [0.2, 0.25) is 0 Å². The van der Waals surface area contributed by atoms with Crippen LogP contribution in [-0.2, 0) is 11.3 Å². The third-order valence-electron chi connectivity index (χ3n) is 3.28. The van der Waals surface area contributed by atoms with Crippen LogP contribution in [0.5, 0.6) is 0 Å². The fourth-order valence-corrected chi connectivity index (χ4v) is 1.94. The molecule has 0 spiro atoms. The molecule has 23 heavy (non-hydrogen) atoms. The summed E-state index contributed by atoms with van der Waals surface area (Å²) in [7, 11) is 0. The summed E-state index contributed by atoms with van der Waals surface area (Å²) in [6.07, 6.45) is 1.23.